The van der Waals surface area contributed by atoms with Crippen molar-refractivity contribution in [2.24, 2.45) is 0 Å². The van der Waals surface area contributed by atoms with Crippen molar-refractivity contribution >= 4 is 23.2 Å². The third-order valence-electron chi connectivity index (χ3n) is 3.46. The maximum absolute atomic E-state index is 13.5. The Labute approximate surface area is 135 Å². The van der Waals surface area contributed by atoms with Gasteiger partial charge in [-0.15, -0.1) is 0 Å². The Bertz CT molecular complexity index is 601. The van der Waals surface area contributed by atoms with Crippen LogP contribution < -0.4 is 5.32 Å². The summed E-state index contributed by atoms with van der Waals surface area (Å²) in [5.41, 5.74) is 1.95. The number of rotatable bonds is 6. The fourth-order valence-electron chi connectivity index (χ4n) is 2.36. The third kappa shape index (κ3) is 4.44. The van der Waals surface area contributed by atoms with E-state index in [1.165, 1.54) is 6.07 Å². The molecule has 0 fully saturated rings. The molecule has 1 nitrogen and oxygen atoms in total. The average Bonchev–Trinajstić information content (AvgIpc) is 2.47. The highest BCUT2D eigenvalue weighted by molar-refractivity contribution is 6.42. The van der Waals surface area contributed by atoms with Crippen molar-refractivity contribution in [3.05, 3.63) is 69.5 Å². The number of benzene rings is 2. The molecule has 0 aliphatic carbocycles. The Hall–Kier alpha value is -1.09. The maximum Gasteiger partial charge on any atom is 0.123 e. The molecule has 112 valence electrons. The second-order valence-electron chi connectivity index (χ2n) is 4.98. The number of likely N-dealkylation sites (N-methyl/N-ethyl adjacent to an activating group) is 1. The number of halogens is 3. The van der Waals surface area contributed by atoms with E-state index in [1.807, 2.05) is 18.2 Å². The molecule has 1 unspecified atom stereocenters. The van der Waals surface area contributed by atoms with Gasteiger partial charge in [0, 0.05) is 12.5 Å². The van der Waals surface area contributed by atoms with E-state index in [1.54, 1.807) is 18.2 Å². The summed E-state index contributed by atoms with van der Waals surface area (Å²) < 4.78 is 13.5. The van der Waals surface area contributed by atoms with Crippen LogP contribution in [0.3, 0.4) is 0 Å². The van der Waals surface area contributed by atoms with Gasteiger partial charge < -0.3 is 5.32 Å². The van der Waals surface area contributed by atoms with Crippen LogP contribution in [0.15, 0.2) is 42.5 Å². The quantitative estimate of drug-likeness (QED) is 0.782. The van der Waals surface area contributed by atoms with Crippen LogP contribution in [0.25, 0.3) is 0 Å². The van der Waals surface area contributed by atoms with Gasteiger partial charge >= 0.3 is 0 Å². The lowest BCUT2D eigenvalue weighted by Crippen LogP contribution is -2.22. The summed E-state index contributed by atoms with van der Waals surface area (Å²) in [4.78, 5) is 0. The van der Waals surface area contributed by atoms with Crippen LogP contribution in [0.4, 0.5) is 4.39 Å². The first-order chi connectivity index (χ1) is 10.1. The summed E-state index contributed by atoms with van der Waals surface area (Å²) >= 11 is 12.3. The SMILES string of the molecule is CCNCC(Cc1cccc(Cl)c1Cl)c1cccc(F)c1. The minimum absolute atomic E-state index is 0.150. The van der Waals surface area contributed by atoms with Crippen molar-refractivity contribution in [1.29, 1.82) is 0 Å². The Morgan fingerprint density at radius 3 is 2.62 bits per heavy atom. The van der Waals surface area contributed by atoms with Crippen molar-refractivity contribution in [2.45, 2.75) is 19.3 Å². The van der Waals surface area contributed by atoms with E-state index in [2.05, 4.69) is 12.2 Å². The third-order valence-corrected chi connectivity index (χ3v) is 4.32. The lowest BCUT2D eigenvalue weighted by atomic mass is 9.91. The van der Waals surface area contributed by atoms with Crippen molar-refractivity contribution in [1.82, 2.24) is 5.32 Å². The minimum Gasteiger partial charge on any atom is -0.316 e. The number of hydrogen-bond donors (Lipinski definition) is 1. The van der Waals surface area contributed by atoms with Crippen LogP contribution in [0, 0.1) is 5.82 Å². The predicted molar refractivity (Wildman–Crippen MR) is 87.9 cm³/mol. The van der Waals surface area contributed by atoms with Gasteiger partial charge in [-0.3, -0.25) is 0 Å². The molecule has 1 atom stereocenters. The monoisotopic (exact) mass is 325 g/mol. The standard InChI is InChI=1S/C17H18Cl2FN/c1-2-21-11-14(12-5-3-7-15(20)10-12)9-13-6-4-8-16(18)17(13)19/h3-8,10,14,21H,2,9,11H2,1H3. The maximum atomic E-state index is 13.5. The van der Waals surface area contributed by atoms with E-state index < -0.39 is 0 Å². The molecule has 2 aromatic rings. The van der Waals surface area contributed by atoms with Crippen molar-refractivity contribution in [3.63, 3.8) is 0 Å². The van der Waals surface area contributed by atoms with Gasteiger partial charge in [0.05, 0.1) is 10.0 Å². The van der Waals surface area contributed by atoms with Gasteiger partial charge in [0.1, 0.15) is 5.82 Å². The first-order valence-corrected chi connectivity index (χ1v) is 7.76. The predicted octanol–water partition coefficient (Wildman–Crippen LogP) is 5.07. The molecular formula is C17H18Cl2FN. The lowest BCUT2D eigenvalue weighted by molar-refractivity contribution is 0.583. The molecule has 0 spiro atoms. The molecule has 4 heteroatoms. The van der Waals surface area contributed by atoms with E-state index in [-0.39, 0.29) is 11.7 Å². The fraction of sp³-hybridized carbons (Fsp3) is 0.294. The van der Waals surface area contributed by atoms with Crippen LogP contribution in [0.2, 0.25) is 10.0 Å². The summed E-state index contributed by atoms with van der Waals surface area (Å²) in [7, 11) is 0. The molecule has 1 N–H and O–H groups in total. The Balaban J connectivity index is 2.26. The minimum atomic E-state index is -0.216. The van der Waals surface area contributed by atoms with Gasteiger partial charge in [-0.25, -0.2) is 4.39 Å². The molecule has 0 saturated carbocycles. The van der Waals surface area contributed by atoms with Crippen LogP contribution in [-0.2, 0) is 6.42 Å². The van der Waals surface area contributed by atoms with Crippen LogP contribution in [0.1, 0.15) is 24.0 Å². The summed E-state index contributed by atoms with van der Waals surface area (Å²) in [5, 5.41) is 4.45. The lowest BCUT2D eigenvalue weighted by Gasteiger charge is -2.19. The zero-order valence-corrected chi connectivity index (χ0v) is 13.4. The average molecular weight is 326 g/mol. The number of nitrogens with one attached hydrogen (secondary N) is 1. The fourth-order valence-corrected chi connectivity index (χ4v) is 2.76. The highest BCUT2D eigenvalue weighted by Gasteiger charge is 2.15. The molecule has 0 heterocycles. The molecule has 0 bridgehead atoms. The second kappa shape index (κ2) is 7.79. The van der Waals surface area contributed by atoms with Crippen molar-refractivity contribution in [3.8, 4) is 0 Å². The van der Waals surface area contributed by atoms with E-state index in [9.17, 15) is 4.39 Å². The number of hydrogen-bond acceptors (Lipinski definition) is 1. The van der Waals surface area contributed by atoms with E-state index >= 15 is 0 Å². The van der Waals surface area contributed by atoms with Crippen LogP contribution >= 0.6 is 23.2 Å². The molecule has 2 rings (SSSR count). The van der Waals surface area contributed by atoms with Crippen LogP contribution in [-0.4, -0.2) is 13.1 Å². The summed E-state index contributed by atoms with van der Waals surface area (Å²) in [5.74, 6) is -0.0668. The van der Waals surface area contributed by atoms with Gasteiger partial charge in [0.25, 0.3) is 0 Å². The van der Waals surface area contributed by atoms with Gasteiger partial charge in [-0.05, 0) is 42.3 Å². The van der Waals surface area contributed by atoms with E-state index in [0.717, 1.165) is 30.6 Å². The molecule has 0 saturated heterocycles. The van der Waals surface area contributed by atoms with Gasteiger partial charge in [0.15, 0.2) is 0 Å². The molecule has 21 heavy (non-hydrogen) atoms. The van der Waals surface area contributed by atoms with E-state index in [0.29, 0.717) is 10.0 Å². The highest BCUT2D eigenvalue weighted by atomic mass is 35.5. The molecular weight excluding hydrogens is 308 g/mol. The molecule has 2 aromatic carbocycles. The second-order valence-corrected chi connectivity index (χ2v) is 5.76. The molecule has 0 aliphatic heterocycles. The van der Waals surface area contributed by atoms with Gasteiger partial charge in [-0.1, -0.05) is 54.4 Å². The normalized spacial score (nSPS) is 12.4. The zero-order chi connectivity index (χ0) is 15.2. The van der Waals surface area contributed by atoms with Crippen molar-refractivity contribution in [2.75, 3.05) is 13.1 Å². The summed E-state index contributed by atoms with van der Waals surface area (Å²) in [6.45, 7) is 3.69. The molecule has 0 aliphatic rings. The van der Waals surface area contributed by atoms with Gasteiger partial charge in [-0.2, -0.15) is 0 Å². The largest absolute Gasteiger partial charge is 0.316 e. The Morgan fingerprint density at radius 1 is 1.14 bits per heavy atom. The topological polar surface area (TPSA) is 12.0 Å². The molecule has 0 aromatic heterocycles. The Morgan fingerprint density at radius 2 is 1.90 bits per heavy atom. The Kier molecular flexibility index (Phi) is 6.04. The molecule has 0 amide bonds. The first kappa shape index (κ1) is 16.3. The highest BCUT2D eigenvalue weighted by Crippen LogP contribution is 2.30. The van der Waals surface area contributed by atoms with Gasteiger partial charge in [0.2, 0.25) is 0 Å². The van der Waals surface area contributed by atoms with Crippen molar-refractivity contribution < 1.29 is 4.39 Å². The zero-order valence-electron chi connectivity index (χ0n) is 11.9. The van der Waals surface area contributed by atoms with Crippen LogP contribution in [0.5, 0.6) is 0 Å². The summed E-state index contributed by atoms with van der Waals surface area (Å²) in [6.07, 6.45) is 0.718. The summed E-state index contributed by atoms with van der Waals surface area (Å²) in [6, 6.07) is 12.4. The first-order valence-electron chi connectivity index (χ1n) is 7.01. The molecule has 0 radical (unpaired) electrons. The smallest absolute Gasteiger partial charge is 0.123 e. The van der Waals surface area contributed by atoms with E-state index in [4.69, 9.17) is 23.2 Å².